The van der Waals surface area contributed by atoms with Gasteiger partial charge in [-0.05, 0) is 49.5 Å². The molecule has 0 atom stereocenters. The van der Waals surface area contributed by atoms with Crippen molar-refractivity contribution >= 4 is 5.96 Å². The van der Waals surface area contributed by atoms with Gasteiger partial charge in [-0.2, -0.15) is 0 Å². The summed E-state index contributed by atoms with van der Waals surface area (Å²) in [5.41, 5.74) is 10.5. The monoisotopic (exact) mass is 230 g/mol. The number of nitrogens with zero attached hydrogens (tertiary/aromatic N) is 2. The van der Waals surface area contributed by atoms with Gasteiger partial charge in [0.1, 0.15) is 0 Å². The zero-order valence-electron chi connectivity index (χ0n) is 10.3. The molecule has 0 bridgehead atoms. The Morgan fingerprint density at radius 1 is 1.41 bits per heavy atom. The van der Waals surface area contributed by atoms with Crippen LogP contribution < -0.4 is 11.1 Å². The van der Waals surface area contributed by atoms with E-state index in [1.807, 2.05) is 19.3 Å². The van der Waals surface area contributed by atoms with Crippen molar-refractivity contribution in [2.24, 2.45) is 10.7 Å². The lowest BCUT2D eigenvalue weighted by Crippen LogP contribution is -2.26. The summed E-state index contributed by atoms with van der Waals surface area (Å²) in [5.74, 6) is 0.499. The lowest BCUT2D eigenvalue weighted by molar-refractivity contribution is 0.905. The van der Waals surface area contributed by atoms with Crippen molar-refractivity contribution in [3.8, 4) is 0 Å². The van der Waals surface area contributed by atoms with Gasteiger partial charge in [-0.3, -0.25) is 9.98 Å². The summed E-state index contributed by atoms with van der Waals surface area (Å²) in [6, 6.07) is 2.12. The fourth-order valence-electron chi connectivity index (χ4n) is 1.91. The Morgan fingerprint density at radius 3 is 3.00 bits per heavy atom. The SMILES string of the molecule is Cc1cc(C)c(CC2=CNC(N)=NCC2)cn1. The van der Waals surface area contributed by atoms with E-state index < -0.39 is 0 Å². The van der Waals surface area contributed by atoms with Crippen LogP contribution in [0, 0.1) is 13.8 Å². The Labute approximate surface area is 102 Å². The summed E-state index contributed by atoms with van der Waals surface area (Å²) >= 11 is 0. The summed E-state index contributed by atoms with van der Waals surface area (Å²) in [5, 5.41) is 2.99. The average molecular weight is 230 g/mol. The highest BCUT2D eigenvalue weighted by atomic mass is 15.1. The molecule has 2 rings (SSSR count). The lowest BCUT2D eigenvalue weighted by Gasteiger charge is -2.08. The Balaban J connectivity index is 2.11. The molecule has 1 aromatic rings. The van der Waals surface area contributed by atoms with Crippen LogP contribution in [0.5, 0.6) is 0 Å². The number of aromatic nitrogens is 1. The number of pyridine rings is 1. The van der Waals surface area contributed by atoms with Gasteiger partial charge in [0.15, 0.2) is 5.96 Å². The molecule has 0 spiro atoms. The Bertz CT molecular complexity index is 474. The maximum Gasteiger partial charge on any atom is 0.192 e. The molecule has 0 amide bonds. The van der Waals surface area contributed by atoms with Crippen molar-refractivity contribution in [1.82, 2.24) is 10.3 Å². The fourth-order valence-corrected chi connectivity index (χ4v) is 1.91. The molecule has 0 radical (unpaired) electrons. The Morgan fingerprint density at radius 2 is 2.24 bits per heavy atom. The third-order valence-electron chi connectivity index (χ3n) is 2.91. The van der Waals surface area contributed by atoms with E-state index in [-0.39, 0.29) is 0 Å². The van der Waals surface area contributed by atoms with Crippen LogP contribution in [-0.4, -0.2) is 17.5 Å². The normalized spacial score (nSPS) is 15.6. The predicted octanol–water partition coefficient (Wildman–Crippen LogP) is 1.43. The number of nitrogens with two attached hydrogens (primary N) is 1. The van der Waals surface area contributed by atoms with E-state index in [2.05, 4.69) is 28.3 Å². The van der Waals surface area contributed by atoms with Gasteiger partial charge in [-0.1, -0.05) is 0 Å². The van der Waals surface area contributed by atoms with Gasteiger partial charge in [0, 0.05) is 24.6 Å². The molecule has 3 N–H and O–H groups in total. The van der Waals surface area contributed by atoms with Crippen LogP contribution >= 0.6 is 0 Å². The first-order valence-corrected chi connectivity index (χ1v) is 5.81. The van der Waals surface area contributed by atoms with Crippen molar-refractivity contribution in [2.75, 3.05) is 6.54 Å². The van der Waals surface area contributed by atoms with Gasteiger partial charge in [-0.25, -0.2) is 0 Å². The summed E-state index contributed by atoms with van der Waals surface area (Å²) in [4.78, 5) is 8.51. The Kier molecular flexibility index (Phi) is 3.42. The molecule has 0 fully saturated rings. The first-order chi connectivity index (χ1) is 8.15. The van der Waals surface area contributed by atoms with E-state index in [1.165, 1.54) is 16.7 Å². The molecular formula is C13H18N4. The predicted molar refractivity (Wildman–Crippen MR) is 69.7 cm³/mol. The molecule has 2 heterocycles. The highest BCUT2D eigenvalue weighted by Crippen LogP contribution is 2.15. The second-order valence-electron chi connectivity index (χ2n) is 4.39. The number of hydrogen-bond acceptors (Lipinski definition) is 4. The van der Waals surface area contributed by atoms with Gasteiger partial charge in [0.25, 0.3) is 0 Å². The van der Waals surface area contributed by atoms with Crippen LogP contribution in [0.25, 0.3) is 0 Å². The number of guanidine groups is 1. The fraction of sp³-hybridized carbons (Fsp3) is 0.385. The summed E-state index contributed by atoms with van der Waals surface area (Å²) in [6.07, 6.45) is 5.78. The second-order valence-corrected chi connectivity index (χ2v) is 4.39. The van der Waals surface area contributed by atoms with Crippen LogP contribution in [-0.2, 0) is 6.42 Å². The van der Waals surface area contributed by atoms with Gasteiger partial charge >= 0.3 is 0 Å². The van der Waals surface area contributed by atoms with Crippen LogP contribution in [0.2, 0.25) is 0 Å². The maximum atomic E-state index is 5.62. The molecule has 4 nitrogen and oxygen atoms in total. The summed E-state index contributed by atoms with van der Waals surface area (Å²) in [6.45, 7) is 4.89. The largest absolute Gasteiger partial charge is 0.370 e. The molecule has 1 aromatic heterocycles. The highest BCUT2D eigenvalue weighted by Gasteiger charge is 2.06. The van der Waals surface area contributed by atoms with E-state index in [4.69, 9.17) is 5.73 Å². The molecule has 0 aromatic carbocycles. The molecule has 1 aliphatic rings. The van der Waals surface area contributed by atoms with Crippen LogP contribution in [0.1, 0.15) is 23.2 Å². The molecular weight excluding hydrogens is 212 g/mol. The molecule has 0 saturated carbocycles. The van der Waals surface area contributed by atoms with Crippen LogP contribution in [0.15, 0.2) is 29.0 Å². The van der Waals surface area contributed by atoms with Crippen molar-refractivity contribution < 1.29 is 0 Å². The smallest absolute Gasteiger partial charge is 0.192 e. The van der Waals surface area contributed by atoms with Gasteiger partial charge in [0.2, 0.25) is 0 Å². The number of hydrogen-bond donors (Lipinski definition) is 2. The standard InChI is InChI=1S/C13H18N4/c1-9-5-10(2)16-8-12(9)6-11-3-4-15-13(14)17-7-11/h5,7-8H,3-4,6H2,1-2H3,(H3,14,15,17). The molecule has 17 heavy (non-hydrogen) atoms. The number of nitrogens with one attached hydrogen (secondary N) is 1. The van der Waals surface area contributed by atoms with E-state index in [0.29, 0.717) is 5.96 Å². The number of rotatable bonds is 2. The Hall–Kier alpha value is -1.84. The zero-order chi connectivity index (χ0) is 12.3. The summed E-state index contributed by atoms with van der Waals surface area (Å²) < 4.78 is 0. The summed E-state index contributed by atoms with van der Waals surface area (Å²) in [7, 11) is 0. The first kappa shape index (κ1) is 11.6. The molecule has 0 saturated heterocycles. The van der Waals surface area contributed by atoms with Crippen LogP contribution in [0.4, 0.5) is 0 Å². The average Bonchev–Trinajstić information content (AvgIpc) is 2.48. The number of aryl methyl sites for hydroxylation is 2. The third-order valence-corrected chi connectivity index (χ3v) is 2.91. The lowest BCUT2D eigenvalue weighted by atomic mass is 10.0. The van der Waals surface area contributed by atoms with Gasteiger partial charge in [0.05, 0.1) is 0 Å². The second kappa shape index (κ2) is 4.99. The zero-order valence-corrected chi connectivity index (χ0v) is 10.3. The quantitative estimate of drug-likeness (QED) is 0.808. The minimum Gasteiger partial charge on any atom is -0.370 e. The number of aliphatic imine (C=N–C) groups is 1. The molecule has 0 aliphatic carbocycles. The van der Waals surface area contributed by atoms with E-state index >= 15 is 0 Å². The van der Waals surface area contributed by atoms with Gasteiger partial charge < -0.3 is 11.1 Å². The maximum absolute atomic E-state index is 5.62. The highest BCUT2D eigenvalue weighted by molar-refractivity contribution is 5.79. The van der Waals surface area contributed by atoms with E-state index in [1.54, 1.807) is 0 Å². The van der Waals surface area contributed by atoms with Gasteiger partial charge in [-0.15, -0.1) is 0 Å². The molecule has 90 valence electrons. The van der Waals surface area contributed by atoms with Crippen molar-refractivity contribution in [2.45, 2.75) is 26.7 Å². The van der Waals surface area contributed by atoms with Crippen LogP contribution in [0.3, 0.4) is 0 Å². The minimum absolute atomic E-state index is 0.499. The van der Waals surface area contributed by atoms with Crippen molar-refractivity contribution in [3.63, 3.8) is 0 Å². The van der Waals surface area contributed by atoms with Crippen molar-refractivity contribution in [1.29, 1.82) is 0 Å². The molecule has 1 aliphatic heterocycles. The van der Waals surface area contributed by atoms with E-state index in [9.17, 15) is 0 Å². The van der Waals surface area contributed by atoms with E-state index in [0.717, 1.165) is 25.1 Å². The third kappa shape index (κ3) is 3.06. The topological polar surface area (TPSA) is 63.3 Å². The molecule has 0 unspecified atom stereocenters. The van der Waals surface area contributed by atoms with Crippen molar-refractivity contribution in [3.05, 3.63) is 40.9 Å². The first-order valence-electron chi connectivity index (χ1n) is 5.81. The minimum atomic E-state index is 0.499. The molecule has 4 heteroatoms.